The van der Waals surface area contributed by atoms with Gasteiger partial charge in [0.25, 0.3) is 0 Å². The third-order valence-corrected chi connectivity index (χ3v) is 5.93. The van der Waals surface area contributed by atoms with Crippen LogP contribution in [0.1, 0.15) is 44.1 Å². The number of hydrogen-bond acceptors (Lipinski definition) is 5. The lowest BCUT2D eigenvalue weighted by atomic mass is 9.86. The maximum Gasteiger partial charge on any atom is 0.225 e. The number of piperidine rings is 1. The van der Waals surface area contributed by atoms with Gasteiger partial charge in [0.05, 0.1) is 6.10 Å². The van der Waals surface area contributed by atoms with Crippen LogP contribution < -0.4 is 10.5 Å². The normalized spacial score (nSPS) is 21.9. The molecule has 0 unspecified atom stereocenters. The lowest BCUT2D eigenvalue weighted by Gasteiger charge is -2.35. The molecule has 2 aliphatic heterocycles. The summed E-state index contributed by atoms with van der Waals surface area (Å²) in [7, 11) is 0. The summed E-state index contributed by atoms with van der Waals surface area (Å²) in [6, 6.07) is 5.67. The molecule has 27 heavy (non-hydrogen) atoms. The number of carbonyl (C=O) groups is 1. The van der Waals surface area contributed by atoms with Gasteiger partial charge in [-0.15, -0.1) is 0 Å². The molecule has 6 heteroatoms. The van der Waals surface area contributed by atoms with Crippen LogP contribution in [0.5, 0.6) is 5.75 Å². The Hall–Kier alpha value is -2.08. The topological polar surface area (TPSA) is 88.6 Å². The van der Waals surface area contributed by atoms with Gasteiger partial charge >= 0.3 is 0 Å². The maximum atomic E-state index is 12.7. The van der Waals surface area contributed by atoms with Crippen molar-refractivity contribution in [1.29, 1.82) is 5.41 Å². The van der Waals surface area contributed by atoms with Crippen molar-refractivity contribution in [2.75, 3.05) is 32.0 Å². The number of nitrogens with one attached hydrogen (secondary N) is 1. The van der Waals surface area contributed by atoms with Crippen molar-refractivity contribution in [3.8, 4) is 5.75 Å². The highest BCUT2D eigenvalue weighted by molar-refractivity contribution is 6.04. The number of nitrogens with two attached hydrogens (primary N) is 1. The largest absolute Gasteiger partial charge is 0.490 e. The molecule has 3 fully saturated rings. The van der Waals surface area contributed by atoms with Gasteiger partial charge in [-0.05, 0) is 50.7 Å². The highest BCUT2D eigenvalue weighted by Crippen LogP contribution is 2.31. The summed E-state index contributed by atoms with van der Waals surface area (Å²) >= 11 is 0. The van der Waals surface area contributed by atoms with Gasteiger partial charge in [0.2, 0.25) is 5.91 Å². The number of amides is 1. The molecule has 0 atom stereocenters. The number of rotatable bonds is 5. The Morgan fingerprint density at radius 1 is 1.07 bits per heavy atom. The minimum Gasteiger partial charge on any atom is -0.490 e. The highest BCUT2D eigenvalue weighted by Gasteiger charge is 2.31. The monoisotopic (exact) mass is 371 g/mol. The van der Waals surface area contributed by atoms with Crippen LogP contribution in [-0.4, -0.2) is 48.9 Å². The molecule has 0 aromatic heterocycles. The van der Waals surface area contributed by atoms with E-state index in [1.165, 1.54) is 0 Å². The van der Waals surface area contributed by atoms with Crippen molar-refractivity contribution in [3.63, 3.8) is 0 Å². The fraction of sp³-hybridized carbons (Fsp3) is 0.619. The summed E-state index contributed by atoms with van der Waals surface area (Å²) in [5, 5.41) is 8.62. The first-order chi connectivity index (χ1) is 13.1. The van der Waals surface area contributed by atoms with Crippen molar-refractivity contribution in [2.45, 2.75) is 44.6 Å². The Kier molecular flexibility index (Phi) is 5.34. The molecule has 6 nitrogen and oxygen atoms in total. The van der Waals surface area contributed by atoms with E-state index in [1.54, 1.807) is 0 Å². The number of nitrogens with zero attached hydrogens (tertiary/aromatic N) is 1. The molecule has 1 aromatic carbocycles. The number of hydrogen-bond donors (Lipinski definition) is 2. The zero-order valence-corrected chi connectivity index (χ0v) is 15.8. The van der Waals surface area contributed by atoms with E-state index >= 15 is 0 Å². The minimum atomic E-state index is 0.115. The van der Waals surface area contributed by atoms with Crippen molar-refractivity contribution in [1.82, 2.24) is 4.90 Å². The summed E-state index contributed by atoms with van der Waals surface area (Å²) in [6.07, 6.45) is 5.89. The smallest absolute Gasteiger partial charge is 0.225 e. The number of ether oxygens (including phenoxy) is 2. The molecule has 1 saturated carbocycles. The van der Waals surface area contributed by atoms with Gasteiger partial charge < -0.3 is 25.5 Å². The molecule has 2 saturated heterocycles. The zero-order chi connectivity index (χ0) is 18.8. The molecule has 0 radical (unpaired) electrons. The number of carbonyl (C=O) groups excluding carboxylic acids is 1. The Morgan fingerprint density at radius 3 is 2.41 bits per heavy atom. The average Bonchev–Trinajstić information content (AvgIpc) is 3.52. The van der Waals surface area contributed by atoms with E-state index < -0.39 is 0 Å². The SMILES string of the molecule is N=C(c1ccc(OC2CC2)cc1N)C1CCN(C(=O)C2CCOCC2)CC1. The molecule has 2 heterocycles. The van der Waals surface area contributed by atoms with Crippen LogP contribution >= 0.6 is 0 Å². The molecular formula is C21H29N3O3. The number of benzene rings is 1. The number of anilines is 1. The molecule has 4 rings (SSSR count). The van der Waals surface area contributed by atoms with Gasteiger partial charge in [-0.1, -0.05) is 0 Å². The summed E-state index contributed by atoms with van der Waals surface area (Å²) in [4.78, 5) is 14.6. The van der Waals surface area contributed by atoms with Crippen molar-refractivity contribution in [2.24, 2.45) is 11.8 Å². The maximum absolute atomic E-state index is 12.7. The van der Waals surface area contributed by atoms with Crippen LogP contribution in [0, 0.1) is 17.2 Å². The summed E-state index contributed by atoms with van der Waals surface area (Å²) in [5.74, 6) is 1.33. The van der Waals surface area contributed by atoms with E-state index in [9.17, 15) is 4.79 Å². The van der Waals surface area contributed by atoms with Crippen LogP contribution in [0.15, 0.2) is 18.2 Å². The van der Waals surface area contributed by atoms with E-state index in [1.807, 2.05) is 23.1 Å². The Bertz CT molecular complexity index is 703. The zero-order valence-electron chi connectivity index (χ0n) is 15.8. The van der Waals surface area contributed by atoms with Gasteiger partial charge in [0.15, 0.2) is 0 Å². The van der Waals surface area contributed by atoms with Crippen molar-refractivity contribution in [3.05, 3.63) is 23.8 Å². The van der Waals surface area contributed by atoms with Gasteiger partial charge in [0.1, 0.15) is 5.75 Å². The fourth-order valence-corrected chi connectivity index (χ4v) is 4.05. The third kappa shape index (κ3) is 4.26. The molecule has 3 N–H and O–H groups in total. The van der Waals surface area contributed by atoms with E-state index in [-0.39, 0.29) is 17.7 Å². The van der Waals surface area contributed by atoms with Crippen molar-refractivity contribution < 1.29 is 14.3 Å². The predicted molar refractivity (Wildman–Crippen MR) is 104 cm³/mol. The highest BCUT2D eigenvalue weighted by atomic mass is 16.5. The van der Waals surface area contributed by atoms with Gasteiger partial charge in [-0.25, -0.2) is 0 Å². The molecule has 3 aliphatic rings. The second-order valence-corrected chi connectivity index (χ2v) is 7.97. The quantitative estimate of drug-likeness (QED) is 0.615. The Labute approximate surface area is 160 Å². The average molecular weight is 371 g/mol. The van der Waals surface area contributed by atoms with Gasteiger partial charge in [0, 0.05) is 61.2 Å². The Balaban J connectivity index is 1.33. The van der Waals surface area contributed by atoms with Gasteiger partial charge in [-0.2, -0.15) is 0 Å². The molecular weight excluding hydrogens is 342 g/mol. The van der Waals surface area contributed by atoms with Gasteiger partial charge in [-0.3, -0.25) is 4.79 Å². The van der Waals surface area contributed by atoms with Crippen LogP contribution in [0.2, 0.25) is 0 Å². The third-order valence-electron chi connectivity index (χ3n) is 5.93. The molecule has 1 aromatic rings. The summed E-state index contributed by atoms with van der Waals surface area (Å²) < 4.78 is 11.1. The second kappa shape index (κ2) is 7.89. The molecule has 0 spiro atoms. The van der Waals surface area contributed by atoms with Crippen LogP contribution in [-0.2, 0) is 9.53 Å². The lowest BCUT2D eigenvalue weighted by Crippen LogP contribution is -2.44. The fourth-order valence-electron chi connectivity index (χ4n) is 4.05. The second-order valence-electron chi connectivity index (χ2n) is 7.97. The summed E-state index contributed by atoms with van der Waals surface area (Å²) in [6.45, 7) is 2.84. The first kappa shape index (κ1) is 18.3. The first-order valence-corrected chi connectivity index (χ1v) is 10.1. The van der Waals surface area contributed by atoms with E-state index in [2.05, 4.69) is 0 Å². The standard InChI is InChI=1S/C21H29N3O3/c22-19-13-17(27-16-1-2-16)3-4-18(19)20(23)14-5-9-24(10-6-14)21(25)15-7-11-26-12-8-15/h3-4,13-16,23H,1-2,5-12,22H2. The van der Waals surface area contributed by atoms with E-state index in [0.29, 0.717) is 30.7 Å². The number of nitrogen functional groups attached to an aromatic ring is 1. The van der Waals surface area contributed by atoms with E-state index in [4.69, 9.17) is 20.6 Å². The first-order valence-electron chi connectivity index (χ1n) is 10.1. The van der Waals surface area contributed by atoms with Crippen LogP contribution in [0.25, 0.3) is 0 Å². The molecule has 1 amide bonds. The summed E-state index contributed by atoms with van der Waals surface area (Å²) in [5.41, 5.74) is 8.20. The predicted octanol–water partition coefficient (Wildman–Crippen LogP) is 2.84. The molecule has 1 aliphatic carbocycles. The molecule has 0 bridgehead atoms. The van der Waals surface area contributed by atoms with Crippen LogP contribution in [0.4, 0.5) is 5.69 Å². The van der Waals surface area contributed by atoms with Crippen molar-refractivity contribution >= 4 is 17.3 Å². The Morgan fingerprint density at radius 2 is 1.78 bits per heavy atom. The number of likely N-dealkylation sites (tertiary alicyclic amines) is 1. The minimum absolute atomic E-state index is 0.115. The lowest BCUT2D eigenvalue weighted by molar-refractivity contribution is -0.139. The molecule has 146 valence electrons. The van der Waals surface area contributed by atoms with E-state index in [0.717, 1.165) is 62.9 Å². The van der Waals surface area contributed by atoms with Crippen LogP contribution in [0.3, 0.4) is 0 Å².